The fraction of sp³-hybridized carbons (Fsp3) is 0.647. The number of ether oxygens (including phenoxy) is 1. The minimum Gasteiger partial charge on any atom is -1.00 e. The van der Waals surface area contributed by atoms with Gasteiger partial charge in [-0.05, 0) is 44.4 Å². The van der Waals surface area contributed by atoms with E-state index in [0.717, 1.165) is 10.6 Å². The monoisotopic (exact) mass is 346 g/mol. The molecule has 1 aliphatic heterocycles. The number of hydrogen-bond donors (Lipinski definition) is 1. The molecule has 0 amide bonds. The Hall–Kier alpha value is -0.320. The van der Waals surface area contributed by atoms with Crippen LogP contribution in [0.1, 0.15) is 38.7 Å². The van der Waals surface area contributed by atoms with Crippen molar-refractivity contribution in [3.63, 3.8) is 0 Å². The van der Waals surface area contributed by atoms with Gasteiger partial charge in [0.25, 0.3) is 0 Å². The van der Waals surface area contributed by atoms with Crippen LogP contribution in [0.5, 0.6) is 0 Å². The highest BCUT2D eigenvalue weighted by atomic mass is 35.5. The molecular formula is C17H26Cl2NO2-. The highest BCUT2D eigenvalue weighted by molar-refractivity contribution is 6.30. The zero-order valence-electron chi connectivity index (χ0n) is 13.3. The summed E-state index contributed by atoms with van der Waals surface area (Å²) < 4.78 is 5.61. The highest BCUT2D eigenvalue weighted by Gasteiger charge is 2.26. The molecule has 1 aromatic rings. The number of β-amino-alcohol motifs (C(OH)–C–C–N with tert-alkyl or cyclic N) is 1. The van der Waals surface area contributed by atoms with Gasteiger partial charge < -0.3 is 22.3 Å². The predicted molar refractivity (Wildman–Crippen MR) is 86.6 cm³/mol. The van der Waals surface area contributed by atoms with E-state index in [4.69, 9.17) is 16.3 Å². The van der Waals surface area contributed by atoms with Gasteiger partial charge in [-0.1, -0.05) is 30.2 Å². The Kier molecular flexibility index (Phi) is 8.73. The van der Waals surface area contributed by atoms with Crippen LogP contribution in [0.15, 0.2) is 24.3 Å². The molecule has 1 aromatic carbocycles. The van der Waals surface area contributed by atoms with Crippen LogP contribution in [-0.4, -0.2) is 41.3 Å². The summed E-state index contributed by atoms with van der Waals surface area (Å²) in [4.78, 5) is 2.40. The van der Waals surface area contributed by atoms with Crippen molar-refractivity contribution in [2.45, 2.75) is 57.9 Å². The molecule has 0 radical (unpaired) electrons. The first kappa shape index (κ1) is 19.7. The van der Waals surface area contributed by atoms with Crippen molar-refractivity contribution < 1.29 is 22.3 Å². The van der Waals surface area contributed by atoms with Gasteiger partial charge in [0.05, 0.1) is 19.3 Å². The summed E-state index contributed by atoms with van der Waals surface area (Å²) in [6.45, 7) is 6.08. The van der Waals surface area contributed by atoms with E-state index in [0.29, 0.717) is 31.8 Å². The summed E-state index contributed by atoms with van der Waals surface area (Å²) in [6, 6.07) is 8.72. The smallest absolute Gasteiger partial charge is 0.0900 e. The van der Waals surface area contributed by atoms with Gasteiger partial charge in [0.1, 0.15) is 0 Å². The predicted octanol–water partition coefficient (Wildman–Crippen LogP) is 0.484. The van der Waals surface area contributed by atoms with Gasteiger partial charge in [-0.25, -0.2) is 0 Å². The van der Waals surface area contributed by atoms with Crippen molar-refractivity contribution in [1.29, 1.82) is 0 Å². The standard InChI is InChI=1S/C17H26ClNO2.ClH/c1-13-4-3-5-14(2)19(13)10-17(20)12-21-11-15-6-8-16(18)9-7-15;/h6-9,13-14,17,20H,3-5,10-12H2,1-2H3;1H/p-1. The first-order valence-electron chi connectivity index (χ1n) is 7.82. The fourth-order valence-corrected chi connectivity index (χ4v) is 3.15. The summed E-state index contributed by atoms with van der Waals surface area (Å²) in [7, 11) is 0. The second-order valence-corrected chi connectivity index (χ2v) is 6.56. The van der Waals surface area contributed by atoms with E-state index in [-0.39, 0.29) is 12.4 Å². The van der Waals surface area contributed by atoms with Crippen LogP contribution in [0.4, 0.5) is 0 Å². The molecule has 0 bridgehead atoms. The lowest BCUT2D eigenvalue weighted by atomic mass is 9.97. The number of likely N-dealkylation sites (tertiary alicyclic amines) is 1. The minimum atomic E-state index is -0.430. The Bertz CT molecular complexity index is 417. The van der Waals surface area contributed by atoms with Gasteiger partial charge in [-0.15, -0.1) is 0 Å². The lowest BCUT2D eigenvalue weighted by Gasteiger charge is -2.40. The zero-order valence-corrected chi connectivity index (χ0v) is 14.9. The van der Waals surface area contributed by atoms with Crippen molar-refractivity contribution in [2.24, 2.45) is 0 Å². The average Bonchev–Trinajstić information content (AvgIpc) is 2.45. The van der Waals surface area contributed by atoms with Crippen LogP contribution < -0.4 is 12.4 Å². The Morgan fingerprint density at radius 2 is 1.82 bits per heavy atom. The van der Waals surface area contributed by atoms with Gasteiger partial charge in [-0.3, -0.25) is 4.90 Å². The van der Waals surface area contributed by atoms with Crippen LogP contribution in [0.25, 0.3) is 0 Å². The third kappa shape index (κ3) is 6.05. The maximum Gasteiger partial charge on any atom is 0.0900 e. The Morgan fingerprint density at radius 3 is 2.41 bits per heavy atom. The molecule has 0 spiro atoms. The Morgan fingerprint density at radius 1 is 1.23 bits per heavy atom. The van der Waals surface area contributed by atoms with E-state index >= 15 is 0 Å². The molecule has 1 N–H and O–H groups in total. The topological polar surface area (TPSA) is 32.7 Å². The van der Waals surface area contributed by atoms with Crippen molar-refractivity contribution in [3.8, 4) is 0 Å². The molecule has 1 aliphatic rings. The van der Waals surface area contributed by atoms with Crippen molar-refractivity contribution in [1.82, 2.24) is 4.90 Å². The summed E-state index contributed by atoms with van der Waals surface area (Å²) in [5, 5.41) is 10.9. The fourth-order valence-electron chi connectivity index (χ4n) is 3.02. The van der Waals surface area contributed by atoms with E-state index < -0.39 is 6.10 Å². The van der Waals surface area contributed by atoms with E-state index in [1.165, 1.54) is 19.3 Å². The Labute approximate surface area is 145 Å². The molecule has 0 aromatic heterocycles. The number of nitrogens with zero attached hydrogens (tertiary/aromatic N) is 1. The number of piperidine rings is 1. The van der Waals surface area contributed by atoms with Crippen LogP contribution in [0.2, 0.25) is 5.02 Å². The maximum atomic E-state index is 10.2. The molecule has 1 heterocycles. The summed E-state index contributed by atoms with van der Waals surface area (Å²) in [5.74, 6) is 0. The zero-order chi connectivity index (χ0) is 15.2. The molecule has 0 saturated carbocycles. The molecule has 22 heavy (non-hydrogen) atoms. The molecule has 1 fully saturated rings. The Balaban J connectivity index is 0.00000242. The summed E-state index contributed by atoms with van der Waals surface area (Å²) >= 11 is 5.85. The molecule has 126 valence electrons. The molecule has 3 unspecified atom stereocenters. The van der Waals surface area contributed by atoms with Crippen LogP contribution in [0, 0.1) is 0 Å². The van der Waals surface area contributed by atoms with Gasteiger partial charge in [-0.2, -0.15) is 0 Å². The summed E-state index contributed by atoms with van der Waals surface area (Å²) in [5.41, 5.74) is 1.08. The third-order valence-corrected chi connectivity index (χ3v) is 4.54. The van der Waals surface area contributed by atoms with Crippen LogP contribution >= 0.6 is 11.6 Å². The number of benzene rings is 1. The number of halogens is 2. The van der Waals surface area contributed by atoms with Crippen molar-refractivity contribution in [3.05, 3.63) is 34.9 Å². The largest absolute Gasteiger partial charge is 1.00 e. The van der Waals surface area contributed by atoms with Gasteiger partial charge in [0.15, 0.2) is 0 Å². The maximum absolute atomic E-state index is 10.2. The summed E-state index contributed by atoms with van der Waals surface area (Å²) in [6.07, 6.45) is 3.31. The van der Waals surface area contributed by atoms with E-state index in [9.17, 15) is 5.11 Å². The molecule has 1 saturated heterocycles. The van der Waals surface area contributed by atoms with Gasteiger partial charge in [0, 0.05) is 23.7 Å². The number of aliphatic hydroxyl groups excluding tert-OH is 1. The highest BCUT2D eigenvalue weighted by Crippen LogP contribution is 2.22. The van der Waals surface area contributed by atoms with Crippen LogP contribution in [-0.2, 0) is 11.3 Å². The quantitative estimate of drug-likeness (QED) is 0.813. The average molecular weight is 347 g/mol. The molecular weight excluding hydrogens is 321 g/mol. The first-order chi connectivity index (χ1) is 10.1. The molecule has 2 rings (SSSR count). The van der Waals surface area contributed by atoms with Crippen molar-refractivity contribution in [2.75, 3.05) is 13.2 Å². The number of hydrogen-bond acceptors (Lipinski definition) is 3. The molecule has 0 aliphatic carbocycles. The molecule has 3 atom stereocenters. The van der Waals surface area contributed by atoms with E-state index in [1.807, 2.05) is 24.3 Å². The first-order valence-corrected chi connectivity index (χ1v) is 8.20. The van der Waals surface area contributed by atoms with Gasteiger partial charge >= 0.3 is 0 Å². The normalized spacial score (nSPS) is 23.8. The number of aliphatic hydroxyl groups is 1. The van der Waals surface area contributed by atoms with E-state index in [1.54, 1.807) is 0 Å². The van der Waals surface area contributed by atoms with Gasteiger partial charge in [0.2, 0.25) is 0 Å². The van der Waals surface area contributed by atoms with Crippen molar-refractivity contribution >= 4 is 11.6 Å². The molecule has 5 heteroatoms. The third-order valence-electron chi connectivity index (χ3n) is 4.29. The minimum absolute atomic E-state index is 0. The van der Waals surface area contributed by atoms with Crippen LogP contribution in [0.3, 0.4) is 0 Å². The SMILES string of the molecule is CC1CCCC(C)N1CC(O)COCc1ccc(Cl)cc1.[Cl-]. The lowest BCUT2D eigenvalue weighted by molar-refractivity contribution is -0.0135. The second kappa shape index (κ2) is 9.74. The van der Waals surface area contributed by atoms with E-state index in [2.05, 4.69) is 18.7 Å². The lowest BCUT2D eigenvalue weighted by Crippen LogP contribution is -3.00. The second-order valence-electron chi connectivity index (χ2n) is 6.12. The molecule has 3 nitrogen and oxygen atoms in total. The number of rotatable bonds is 6.